The molecular weight excluding hydrogens is 440 g/mol. The first kappa shape index (κ1) is 22.5. The van der Waals surface area contributed by atoms with Crippen molar-refractivity contribution >= 4 is 29.3 Å². The monoisotopic (exact) mass is 464 g/mol. The first-order valence-electron chi connectivity index (χ1n) is 10.6. The Morgan fingerprint density at radius 2 is 1.94 bits per heavy atom. The molecule has 0 spiro atoms. The zero-order valence-electron chi connectivity index (χ0n) is 18.0. The van der Waals surface area contributed by atoms with E-state index in [1.807, 2.05) is 41.1 Å². The molecule has 2 unspecified atom stereocenters. The number of carbonyl (C=O) groups is 2. The first-order chi connectivity index (χ1) is 16.0. The predicted molar refractivity (Wildman–Crippen MR) is 126 cm³/mol. The molecule has 1 fully saturated rings. The summed E-state index contributed by atoms with van der Waals surface area (Å²) in [6.45, 7) is 0.568. The van der Waals surface area contributed by atoms with E-state index < -0.39 is 5.97 Å². The summed E-state index contributed by atoms with van der Waals surface area (Å²) in [5.74, 6) is -1.22. The van der Waals surface area contributed by atoms with E-state index in [1.54, 1.807) is 30.5 Å². The lowest BCUT2D eigenvalue weighted by Gasteiger charge is -2.29. The molecule has 3 aromatic rings. The number of aromatic nitrogens is 2. The van der Waals surface area contributed by atoms with Crippen LogP contribution in [-0.2, 0) is 9.53 Å². The maximum Gasteiger partial charge on any atom is 0.335 e. The Kier molecular flexibility index (Phi) is 6.69. The number of rotatable bonds is 8. The number of nitrogens with zero attached hydrogens (tertiary/aromatic N) is 3. The molecule has 2 atom stereocenters. The number of aromatic carboxylic acids is 1. The van der Waals surface area contributed by atoms with Crippen molar-refractivity contribution < 1.29 is 19.4 Å². The SMILES string of the molecule is COC(=O)CCCN1C(=S)NC(c2ccccn2)C1c1cccn1-c1ccc(C(=O)O)cc1. The molecular formula is C24H24N4O4S. The Hall–Kier alpha value is -3.72. The number of thiocarbonyl (C=S) groups is 1. The van der Waals surface area contributed by atoms with Gasteiger partial charge >= 0.3 is 11.9 Å². The number of esters is 1. The molecule has 1 aromatic carbocycles. The first-order valence-corrected chi connectivity index (χ1v) is 11.0. The number of carbonyl (C=O) groups excluding carboxylic acids is 1. The highest BCUT2D eigenvalue weighted by Gasteiger charge is 2.41. The second kappa shape index (κ2) is 9.83. The van der Waals surface area contributed by atoms with Gasteiger partial charge in [-0.2, -0.15) is 0 Å². The zero-order chi connectivity index (χ0) is 23.4. The van der Waals surface area contributed by atoms with Crippen LogP contribution >= 0.6 is 12.2 Å². The topological polar surface area (TPSA) is 96.7 Å². The second-order valence-electron chi connectivity index (χ2n) is 7.65. The number of carboxylic acids is 1. The fourth-order valence-electron chi connectivity index (χ4n) is 4.10. The van der Waals surface area contributed by atoms with Gasteiger partial charge in [0.2, 0.25) is 0 Å². The zero-order valence-corrected chi connectivity index (χ0v) is 18.9. The highest BCUT2D eigenvalue weighted by molar-refractivity contribution is 7.80. The molecule has 1 aliphatic heterocycles. The molecule has 0 bridgehead atoms. The van der Waals surface area contributed by atoms with Gasteiger partial charge < -0.3 is 24.6 Å². The standard InChI is InChI=1S/C24H24N4O4S/c1-32-20(29)8-5-15-28-22(21(26-24(28)33)18-6-2-3-13-25-18)19-7-4-14-27(19)17-11-9-16(10-12-17)23(30)31/h2-4,6-7,9-14,21-22H,5,8,15H2,1H3,(H,26,33)(H,30,31). The highest BCUT2D eigenvalue weighted by Crippen LogP contribution is 2.39. The van der Waals surface area contributed by atoms with E-state index >= 15 is 0 Å². The van der Waals surface area contributed by atoms with Crippen molar-refractivity contribution in [3.05, 3.63) is 83.9 Å². The predicted octanol–water partition coefficient (Wildman–Crippen LogP) is 3.50. The van der Waals surface area contributed by atoms with Crippen LogP contribution < -0.4 is 5.32 Å². The van der Waals surface area contributed by atoms with Crippen LogP contribution in [0.3, 0.4) is 0 Å². The molecule has 8 nitrogen and oxygen atoms in total. The van der Waals surface area contributed by atoms with Gasteiger partial charge in [-0.25, -0.2) is 4.79 Å². The average molecular weight is 465 g/mol. The molecule has 9 heteroatoms. The summed E-state index contributed by atoms with van der Waals surface area (Å²) in [6.07, 6.45) is 4.58. The lowest BCUT2D eigenvalue weighted by atomic mass is 10.0. The molecule has 0 amide bonds. The lowest BCUT2D eigenvalue weighted by molar-refractivity contribution is -0.140. The van der Waals surface area contributed by atoms with E-state index in [0.29, 0.717) is 24.5 Å². The van der Waals surface area contributed by atoms with Crippen LogP contribution in [-0.4, -0.2) is 50.3 Å². The molecule has 170 valence electrons. The third-order valence-corrected chi connectivity index (χ3v) is 6.03. The Bertz CT molecular complexity index is 1150. The van der Waals surface area contributed by atoms with Crippen LogP contribution in [0.5, 0.6) is 0 Å². The van der Waals surface area contributed by atoms with Gasteiger partial charge in [0, 0.05) is 36.7 Å². The smallest absolute Gasteiger partial charge is 0.335 e. The Balaban J connectivity index is 1.70. The van der Waals surface area contributed by atoms with Crippen LogP contribution in [0.2, 0.25) is 0 Å². The van der Waals surface area contributed by atoms with E-state index in [1.165, 1.54) is 7.11 Å². The van der Waals surface area contributed by atoms with Gasteiger partial charge in [-0.05, 0) is 67.2 Å². The molecule has 3 heterocycles. The van der Waals surface area contributed by atoms with Gasteiger partial charge in [-0.1, -0.05) is 6.07 Å². The highest BCUT2D eigenvalue weighted by atomic mass is 32.1. The van der Waals surface area contributed by atoms with E-state index in [4.69, 9.17) is 17.0 Å². The van der Waals surface area contributed by atoms with Gasteiger partial charge in [0.05, 0.1) is 30.5 Å². The van der Waals surface area contributed by atoms with Gasteiger partial charge in [-0.15, -0.1) is 0 Å². The molecule has 2 N–H and O–H groups in total. The van der Waals surface area contributed by atoms with Crippen LogP contribution in [0.15, 0.2) is 67.0 Å². The van der Waals surface area contributed by atoms with Gasteiger partial charge in [0.25, 0.3) is 0 Å². The van der Waals surface area contributed by atoms with E-state index in [0.717, 1.165) is 17.1 Å². The molecule has 4 rings (SSSR count). The number of hydrogen-bond donors (Lipinski definition) is 2. The summed E-state index contributed by atoms with van der Waals surface area (Å²) >= 11 is 5.68. The molecule has 1 saturated heterocycles. The fourth-order valence-corrected chi connectivity index (χ4v) is 4.43. The Morgan fingerprint density at radius 1 is 1.15 bits per heavy atom. The van der Waals surface area contributed by atoms with Crippen molar-refractivity contribution in [3.8, 4) is 5.69 Å². The minimum absolute atomic E-state index is 0.181. The fraction of sp³-hybridized carbons (Fsp3) is 0.250. The van der Waals surface area contributed by atoms with Crippen LogP contribution in [0.25, 0.3) is 5.69 Å². The summed E-state index contributed by atoms with van der Waals surface area (Å²) in [5, 5.41) is 13.2. The number of benzene rings is 1. The Morgan fingerprint density at radius 3 is 2.61 bits per heavy atom. The lowest BCUT2D eigenvalue weighted by Crippen LogP contribution is -2.31. The van der Waals surface area contributed by atoms with Crippen molar-refractivity contribution in [1.82, 2.24) is 19.8 Å². The third-order valence-electron chi connectivity index (χ3n) is 5.68. The van der Waals surface area contributed by atoms with E-state index in [-0.39, 0.29) is 23.6 Å². The second-order valence-corrected chi connectivity index (χ2v) is 8.04. The number of methoxy groups -OCH3 is 1. The van der Waals surface area contributed by atoms with Crippen molar-refractivity contribution in [1.29, 1.82) is 0 Å². The van der Waals surface area contributed by atoms with Crippen LogP contribution in [0, 0.1) is 0 Å². The van der Waals surface area contributed by atoms with Crippen LogP contribution in [0.1, 0.15) is 46.7 Å². The quantitative estimate of drug-likeness (QED) is 0.386. The molecule has 0 saturated carbocycles. The minimum atomic E-state index is -0.966. The third kappa shape index (κ3) is 4.73. The summed E-state index contributed by atoms with van der Waals surface area (Å²) in [7, 11) is 1.38. The normalized spacial score (nSPS) is 17.6. The minimum Gasteiger partial charge on any atom is -0.478 e. The van der Waals surface area contributed by atoms with E-state index in [2.05, 4.69) is 15.2 Å². The van der Waals surface area contributed by atoms with Gasteiger partial charge in [-0.3, -0.25) is 9.78 Å². The summed E-state index contributed by atoms with van der Waals surface area (Å²) in [4.78, 5) is 29.5. The molecule has 2 aromatic heterocycles. The largest absolute Gasteiger partial charge is 0.478 e. The van der Waals surface area contributed by atoms with E-state index in [9.17, 15) is 14.7 Å². The van der Waals surface area contributed by atoms with Crippen LogP contribution in [0.4, 0.5) is 0 Å². The van der Waals surface area contributed by atoms with Crippen molar-refractivity contribution in [3.63, 3.8) is 0 Å². The number of carboxylic acid groups (broad SMARTS) is 1. The molecule has 33 heavy (non-hydrogen) atoms. The molecule has 0 aliphatic carbocycles. The van der Waals surface area contributed by atoms with Gasteiger partial charge in [0.1, 0.15) is 0 Å². The average Bonchev–Trinajstić information content (AvgIpc) is 3.44. The number of pyridine rings is 1. The molecule has 0 radical (unpaired) electrons. The van der Waals surface area contributed by atoms with Crippen molar-refractivity contribution in [2.75, 3.05) is 13.7 Å². The maximum atomic E-state index is 11.6. The summed E-state index contributed by atoms with van der Waals surface area (Å²) in [5.41, 5.74) is 2.90. The summed E-state index contributed by atoms with van der Waals surface area (Å²) < 4.78 is 6.80. The van der Waals surface area contributed by atoms with Crippen molar-refractivity contribution in [2.24, 2.45) is 0 Å². The van der Waals surface area contributed by atoms with Gasteiger partial charge in [0.15, 0.2) is 5.11 Å². The molecule has 1 aliphatic rings. The van der Waals surface area contributed by atoms with Crippen molar-refractivity contribution in [2.45, 2.75) is 24.9 Å². The number of hydrogen-bond acceptors (Lipinski definition) is 5. The Labute approximate surface area is 196 Å². The number of ether oxygens (including phenoxy) is 1. The maximum absolute atomic E-state index is 11.6. The number of nitrogens with one attached hydrogen (secondary N) is 1. The summed E-state index contributed by atoms with van der Waals surface area (Å²) in [6, 6.07) is 16.1.